The van der Waals surface area contributed by atoms with Crippen LogP contribution < -0.4 is 5.73 Å². The van der Waals surface area contributed by atoms with Gasteiger partial charge in [-0.25, -0.2) is 0 Å². The minimum atomic E-state index is -0.237. The minimum absolute atomic E-state index is 0.237. The maximum Gasteiger partial charge on any atom is 0.305 e. The van der Waals surface area contributed by atoms with Crippen molar-refractivity contribution in [1.29, 1.82) is 5.41 Å². The summed E-state index contributed by atoms with van der Waals surface area (Å²) >= 11 is 0. The second-order valence-electron chi connectivity index (χ2n) is 3.36. The molecule has 0 atom stereocenters. The molecular weight excluding hydrogens is 192 g/mol. The third-order valence-electron chi connectivity index (χ3n) is 2.04. The van der Waals surface area contributed by atoms with Crippen LogP contribution in [0.25, 0.3) is 0 Å². The van der Waals surface area contributed by atoms with Crippen molar-refractivity contribution < 1.29 is 9.53 Å². The van der Waals surface area contributed by atoms with E-state index in [0.717, 1.165) is 12.8 Å². The minimum Gasteiger partial charge on any atom is -0.469 e. The monoisotopic (exact) mass is 212 g/mol. The number of unbranched alkanes of at least 4 members (excludes halogenated alkanes) is 1. The normalized spacial score (nSPS) is 11.2. The quantitative estimate of drug-likeness (QED) is 0.500. The molecule has 15 heavy (non-hydrogen) atoms. The van der Waals surface area contributed by atoms with Gasteiger partial charge in [0.1, 0.15) is 0 Å². The van der Waals surface area contributed by atoms with E-state index in [9.17, 15) is 4.79 Å². The Morgan fingerprint density at radius 1 is 1.47 bits per heavy atom. The molecule has 4 nitrogen and oxygen atoms in total. The molecule has 0 saturated heterocycles. The van der Waals surface area contributed by atoms with Crippen LogP contribution >= 0.6 is 0 Å². The van der Waals surface area contributed by atoms with E-state index in [1.54, 1.807) is 0 Å². The van der Waals surface area contributed by atoms with Gasteiger partial charge in [0.25, 0.3) is 0 Å². The lowest BCUT2D eigenvalue weighted by Gasteiger charge is -2.03. The van der Waals surface area contributed by atoms with Gasteiger partial charge in [-0.2, -0.15) is 0 Å². The molecule has 0 aliphatic carbocycles. The van der Waals surface area contributed by atoms with Gasteiger partial charge in [0.05, 0.1) is 12.8 Å². The van der Waals surface area contributed by atoms with E-state index < -0.39 is 0 Å². The van der Waals surface area contributed by atoms with Crippen LogP contribution in [-0.2, 0) is 9.53 Å². The Bertz CT molecular complexity index is 247. The molecule has 0 fully saturated rings. The molecule has 0 spiro atoms. The molecule has 0 amide bonds. The number of rotatable bonds is 7. The second kappa shape index (κ2) is 8.03. The zero-order valence-electron chi connectivity index (χ0n) is 9.51. The van der Waals surface area contributed by atoms with E-state index in [1.807, 2.05) is 6.08 Å². The number of carbonyl (C=O) groups excluding carboxylic acids is 1. The summed E-state index contributed by atoms with van der Waals surface area (Å²) in [6.45, 7) is 2.06. The van der Waals surface area contributed by atoms with Crippen LogP contribution in [0.15, 0.2) is 11.8 Å². The summed E-state index contributed by atoms with van der Waals surface area (Å²) in [4.78, 5) is 10.8. The number of hydrogen-bond donors (Lipinski definition) is 2. The molecular formula is C11H20N2O2. The Hall–Kier alpha value is -1.32. The topological polar surface area (TPSA) is 76.2 Å². The average molecular weight is 212 g/mol. The molecule has 0 aliphatic rings. The molecule has 0 rings (SSSR count). The fourth-order valence-corrected chi connectivity index (χ4v) is 1.08. The second-order valence-corrected chi connectivity index (χ2v) is 3.36. The molecule has 0 aromatic heterocycles. The zero-order valence-corrected chi connectivity index (χ0v) is 9.51. The van der Waals surface area contributed by atoms with Gasteiger partial charge in [-0.05, 0) is 19.3 Å². The number of esters is 1. The number of nitrogens with one attached hydrogen (secondary N) is 1. The summed E-state index contributed by atoms with van der Waals surface area (Å²) in [5.74, 6) is -0.237. The first-order chi connectivity index (χ1) is 7.11. The summed E-state index contributed by atoms with van der Waals surface area (Å²) in [6.07, 6.45) is 5.27. The predicted molar refractivity (Wildman–Crippen MR) is 60.8 cm³/mol. The number of methoxy groups -OCH3 is 1. The molecule has 0 aromatic carbocycles. The summed E-state index contributed by atoms with van der Waals surface area (Å²) in [5, 5.41) is 7.63. The fourth-order valence-electron chi connectivity index (χ4n) is 1.08. The SMILES string of the molecule is CCC/C=C(/N)C(=N)CCCC(=O)OC. The number of hydrogen-bond acceptors (Lipinski definition) is 4. The Labute approximate surface area is 91.0 Å². The maximum absolute atomic E-state index is 10.8. The molecule has 4 heteroatoms. The van der Waals surface area contributed by atoms with Gasteiger partial charge < -0.3 is 15.9 Å². The highest BCUT2D eigenvalue weighted by molar-refractivity contribution is 5.96. The Morgan fingerprint density at radius 3 is 2.67 bits per heavy atom. The van der Waals surface area contributed by atoms with Crippen LogP contribution in [0.2, 0.25) is 0 Å². The highest BCUT2D eigenvalue weighted by Gasteiger charge is 2.03. The molecule has 0 bridgehead atoms. The summed E-state index contributed by atoms with van der Waals surface area (Å²) < 4.78 is 4.50. The highest BCUT2D eigenvalue weighted by atomic mass is 16.5. The standard InChI is InChI=1S/C11H20N2O2/c1-3-4-6-9(12)10(13)7-5-8-11(14)15-2/h6,13H,3-5,7-8,12H2,1-2H3/b9-6+,13-10?. The van der Waals surface area contributed by atoms with Crippen LogP contribution in [0.5, 0.6) is 0 Å². The highest BCUT2D eigenvalue weighted by Crippen LogP contribution is 2.03. The first-order valence-corrected chi connectivity index (χ1v) is 5.22. The zero-order chi connectivity index (χ0) is 11.7. The molecule has 0 unspecified atom stereocenters. The predicted octanol–water partition coefficient (Wildman–Crippen LogP) is 1.99. The molecule has 3 N–H and O–H groups in total. The van der Waals surface area contributed by atoms with Crippen molar-refractivity contribution in [2.24, 2.45) is 5.73 Å². The third-order valence-corrected chi connectivity index (χ3v) is 2.04. The lowest BCUT2D eigenvalue weighted by molar-refractivity contribution is -0.140. The van der Waals surface area contributed by atoms with E-state index in [2.05, 4.69) is 11.7 Å². The average Bonchev–Trinajstić information content (AvgIpc) is 2.25. The Morgan fingerprint density at radius 2 is 2.13 bits per heavy atom. The first-order valence-electron chi connectivity index (χ1n) is 5.22. The van der Waals surface area contributed by atoms with Crippen LogP contribution in [0, 0.1) is 5.41 Å². The first kappa shape index (κ1) is 13.7. The summed E-state index contributed by atoms with van der Waals surface area (Å²) in [7, 11) is 1.36. The van der Waals surface area contributed by atoms with Gasteiger partial charge in [-0.1, -0.05) is 19.4 Å². The van der Waals surface area contributed by atoms with Crippen LogP contribution in [-0.4, -0.2) is 18.8 Å². The van der Waals surface area contributed by atoms with Crippen LogP contribution in [0.4, 0.5) is 0 Å². The fraction of sp³-hybridized carbons (Fsp3) is 0.636. The lowest BCUT2D eigenvalue weighted by atomic mass is 10.1. The molecule has 0 radical (unpaired) electrons. The van der Waals surface area contributed by atoms with E-state index >= 15 is 0 Å². The van der Waals surface area contributed by atoms with Gasteiger partial charge in [0, 0.05) is 12.1 Å². The van der Waals surface area contributed by atoms with E-state index in [4.69, 9.17) is 11.1 Å². The van der Waals surface area contributed by atoms with Crippen molar-refractivity contribution in [2.45, 2.75) is 39.0 Å². The number of carbonyl (C=O) groups is 1. The van der Waals surface area contributed by atoms with Gasteiger partial charge in [0.15, 0.2) is 0 Å². The number of allylic oxidation sites excluding steroid dienone is 2. The third kappa shape index (κ3) is 6.71. The lowest BCUT2D eigenvalue weighted by Crippen LogP contribution is -2.11. The van der Waals surface area contributed by atoms with E-state index in [0.29, 0.717) is 30.7 Å². The smallest absolute Gasteiger partial charge is 0.305 e. The molecule has 0 saturated carbocycles. The summed E-state index contributed by atoms with van der Waals surface area (Å²) in [6, 6.07) is 0. The molecule has 0 aliphatic heterocycles. The van der Waals surface area contributed by atoms with E-state index in [1.165, 1.54) is 7.11 Å². The van der Waals surface area contributed by atoms with Gasteiger partial charge in [0.2, 0.25) is 0 Å². The Kier molecular flexibility index (Phi) is 7.32. The van der Waals surface area contributed by atoms with Crippen molar-refractivity contribution in [3.8, 4) is 0 Å². The molecule has 0 aromatic rings. The van der Waals surface area contributed by atoms with Crippen molar-refractivity contribution in [3.63, 3.8) is 0 Å². The Balaban J connectivity index is 3.78. The van der Waals surface area contributed by atoms with Crippen molar-refractivity contribution >= 4 is 11.7 Å². The number of ether oxygens (including phenoxy) is 1. The van der Waals surface area contributed by atoms with Gasteiger partial charge in [-0.3, -0.25) is 4.79 Å². The van der Waals surface area contributed by atoms with Gasteiger partial charge >= 0.3 is 5.97 Å². The largest absolute Gasteiger partial charge is 0.469 e. The maximum atomic E-state index is 10.8. The molecule has 86 valence electrons. The molecule has 0 heterocycles. The van der Waals surface area contributed by atoms with Crippen LogP contribution in [0.3, 0.4) is 0 Å². The van der Waals surface area contributed by atoms with Crippen molar-refractivity contribution in [2.75, 3.05) is 7.11 Å². The van der Waals surface area contributed by atoms with Crippen molar-refractivity contribution in [3.05, 3.63) is 11.8 Å². The van der Waals surface area contributed by atoms with Gasteiger partial charge in [-0.15, -0.1) is 0 Å². The van der Waals surface area contributed by atoms with E-state index in [-0.39, 0.29) is 5.97 Å². The number of nitrogens with two attached hydrogens (primary N) is 1. The summed E-state index contributed by atoms with van der Waals surface area (Å²) in [5.41, 5.74) is 6.61. The van der Waals surface area contributed by atoms with Crippen LogP contribution in [0.1, 0.15) is 39.0 Å². The van der Waals surface area contributed by atoms with Crippen molar-refractivity contribution in [1.82, 2.24) is 0 Å².